The molecule has 1 rings (SSSR count). The van der Waals surface area contributed by atoms with Crippen LogP contribution in [0.2, 0.25) is 0 Å². The molecule has 1 aliphatic rings. The lowest BCUT2D eigenvalue weighted by atomic mass is 10.1. The Hall–Kier alpha value is -1.35. The fourth-order valence-electron chi connectivity index (χ4n) is 1.82. The molecule has 0 spiro atoms. The minimum atomic E-state index is -0.271. The summed E-state index contributed by atoms with van der Waals surface area (Å²) >= 11 is 0. The molecular weight excluding hydrogens is 240 g/mol. The SMILES string of the molecule is COC(=O)C=C(C)CCC=C(C)CCC=C1COC1. The molecule has 0 aromatic carbocycles. The highest BCUT2D eigenvalue weighted by Gasteiger charge is 2.06. The number of hydrogen-bond donors (Lipinski definition) is 0. The highest BCUT2D eigenvalue weighted by atomic mass is 16.5. The van der Waals surface area contributed by atoms with Crippen LogP contribution < -0.4 is 0 Å². The molecule has 0 unspecified atom stereocenters. The van der Waals surface area contributed by atoms with Crippen LogP contribution in [-0.2, 0) is 14.3 Å². The van der Waals surface area contributed by atoms with Gasteiger partial charge in [0.15, 0.2) is 0 Å². The molecule has 0 aromatic heterocycles. The molecule has 0 aliphatic carbocycles. The van der Waals surface area contributed by atoms with Crippen LogP contribution in [0.3, 0.4) is 0 Å². The van der Waals surface area contributed by atoms with E-state index in [0.717, 1.165) is 44.5 Å². The highest BCUT2D eigenvalue weighted by Crippen LogP contribution is 2.14. The largest absolute Gasteiger partial charge is 0.466 e. The molecule has 3 heteroatoms. The van der Waals surface area contributed by atoms with Gasteiger partial charge in [-0.05, 0) is 45.1 Å². The summed E-state index contributed by atoms with van der Waals surface area (Å²) in [6, 6.07) is 0. The van der Waals surface area contributed by atoms with Gasteiger partial charge in [0.25, 0.3) is 0 Å². The topological polar surface area (TPSA) is 35.5 Å². The zero-order chi connectivity index (χ0) is 14.1. The van der Waals surface area contributed by atoms with Gasteiger partial charge in [-0.1, -0.05) is 23.3 Å². The summed E-state index contributed by atoms with van der Waals surface area (Å²) < 4.78 is 9.69. The summed E-state index contributed by atoms with van der Waals surface area (Å²) in [5, 5.41) is 0. The number of hydrogen-bond acceptors (Lipinski definition) is 3. The van der Waals surface area contributed by atoms with Gasteiger partial charge in [-0.25, -0.2) is 4.79 Å². The average Bonchev–Trinajstić information content (AvgIpc) is 2.32. The van der Waals surface area contributed by atoms with Crippen molar-refractivity contribution in [2.24, 2.45) is 0 Å². The van der Waals surface area contributed by atoms with Gasteiger partial charge in [0, 0.05) is 6.08 Å². The van der Waals surface area contributed by atoms with Gasteiger partial charge in [-0.2, -0.15) is 0 Å². The predicted octanol–water partition coefficient (Wildman–Crippen LogP) is 3.57. The van der Waals surface area contributed by atoms with Crippen LogP contribution in [0, 0.1) is 0 Å². The maximum Gasteiger partial charge on any atom is 0.330 e. The van der Waals surface area contributed by atoms with Crippen LogP contribution in [0.25, 0.3) is 0 Å². The predicted molar refractivity (Wildman–Crippen MR) is 76.9 cm³/mol. The average molecular weight is 264 g/mol. The lowest BCUT2D eigenvalue weighted by molar-refractivity contribution is -0.134. The second kappa shape index (κ2) is 8.70. The molecule has 1 aliphatic heterocycles. The fourth-order valence-corrected chi connectivity index (χ4v) is 1.82. The molecular formula is C16H24O3. The van der Waals surface area contributed by atoms with Gasteiger partial charge in [0.05, 0.1) is 20.3 Å². The van der Waals surface area contributed by atoms with Crippen molar-refractivity contribution in [3.8, 4) is 0 Å². The molecule has 106 valence electrons. The number of methoxy groups -OCH3 is 1. The summed E-state index contributed by atoms with van der Waals surface area (Å²) in [5.41, 5.74) is 3.89. The Kier molecular flexibility index (Phi) is 7.19. The van der Waals surface area contributed by atoms with Crippen LogP contribution in [-0.4, -0.2) is 26.3 Å². The van der Waals surface area contributed by atoms with Crippen LogP contribution in [0.4, 0.5) is 0 Å². The standard InChI is InChI=1S/C16H24O3/c1-13(7-5-9-15-11-19-12-15)6-4-8-14(2)10-16(17)18-3/h6,9-10H,4-5,7-8,11-12H2,1-3H3. The zero-order valence-corrected chi connectivity index (χ0v) is 12.2. The molecule has 0 saturated carbocycles. The Morgan fingerprint density at radius 3 is 2.47 bits per heavy atom. The fraction of sp³-hybridized carbons (Fsp3) is 0.562. The van der Waals surface area contributed by atoms with Crippen molar-refractivity contribution < 1.29 is 14.3 Å². The van der Waals surface area contributed by atoms with Gasteiger partial charge in [0.2, 0.25) is 0 Å². The first-order chi connectivity index (χ1) is 9.11. The van der Waals surface area contributed by atoms with E-state index in [1.54, 1.807) is 6.08 Å². The number of esters is 1. The number of ether oxygens (including phenoxy) is 2. The van der Waals surface area contributed by atoms with Crippen molar-refractivity contribution in [1.29, 1.82) is 0 Å². The Morgan fingerprint density at radius 1 is 1.21 bits per heavy atom. The minimum Gasteiger partial charge on any atom is -0.466 e. The molecule has 1 fully saturated rings. The smallest absolute Gasteiger partial charge is 0.330 e. The monoisotopic (exact) mass is 264 g/mol. The quantitative estimate of drug-likeness (QED) is 0.400. The van der Waals surface area contributed by atoms with Crippen LogP contribution in [0.15, 0.2) is 34.9 Å². The van der Waals surface area contributed by atoms with E-state index in [0.29, 0.717) is 0 Å². The van der Waals surface area contributed by atoms with E-state index in [1.807, 2.05) is 6.92 Å². The summed E-state index contributed by atoms with van der Waals surface area (Å²) in [5.74, 6) is -0.271. The van der Waals surface area contributed by atoms with Crippen molar-refractivity contribution in [2.75, 3.05) is 20.3 Å². The summed E-state index contributed by atoms with van der Waals surface area (Å²) in [4.78, 5) is 11.0. The first kappa shape index (κ1) is 15.7. The van der Waals surface area contributed by atoms with Crippen molar-refractivity contribution in [3.05, 3.63) is 34.9 Å². The second-order valence-corrected chi connectivity index (χ2v) is 5.00. The third-order valence-corrected chi connectivity index (χ3v) is 3.14. The number of rotatable bonds is 7. The van der Waals surface area contributed by atoms with Crippen LogP contribution in [0.1, 0.15) is 39.5 Å². The van der Waals surface area contributed by atoms with Crippen molar-refractivity contribution in [2.45, 2.75) is 39.5 Å². The van der Waals surface area contributed by atoms with Crippen molar-refractivity contribution >= 4 is 5.97 Å². The van der Waals surface area contributed by atoms with E-state index in [9.17, 15) is 4.79 Å². The van der Waals surface area contributed by atoms with E-state index in [4.69, 9.17) is 4.74 Å². The maximum absolute atomic E-state index is 11.0. The van der Waals surface area contributed by atoms with E-state index in [1.165, 1.54) is 18.3 Å². The van der Waals surface area contributed by atoms with Crippen LogP contribution in [0.5, 0.6) is 0 Å². The van der Waals surface area contributed by atoms with Crippen molar-refractivity contribution in [1.82, 2.24) is 0 Å². The van der Waals surface area contributed by atoms with E-state index in [-0.39, 0.29) is 5.97 Å². The van der Waals surface area contributed by atoms with E-state index < -0.39 is 0 Å². The number of carbonyl (C=O) groups is 1. The van der Waals surface area contributed by atoms with Gasteiger partial charge < -0.3 is 9.47 Å². The van der Waals surface area contributed by atoms with Gasteiger partial charge in [-0.15, -0.1) is 0 Å². The van der Waals surface area contributed by atoms with Gasteiger partial charge >= 0.3 is 5.97 Å². The minimum absolute atomic E-state index is 0.271. The Bertz CT molecular complexity index is 383. The maximum atomic E-state index is 11.0. The lowest BCUT2D eigenvalue weighted by Crippen LogP contribution is -2.15. The molecule has 0 bridgehead atoms. The van der Waals surface area contributed by atoms with E-state index >= 15 is 0 Å². The van der Waals surface area contributed by atoms with Crippen LogP contribution >= 0.6 is 0 Å². The third kappa shape index (κ3) is 6.97. The summed E-state index contributed by atoms with van der Waals surface area (Å²) in [6.45, 7) is 5.76. The molecule has 0 N–H and O–H groups in total. The van der Waals surface area contributed by atoms with Gasteiger partial charge in [0.1, 0.15) is 0 Å². The number of carbonyl (C=O) groups excluding carboxylic acids is 1. The number of allylic oxidation sites excluding steroid dienone is 4. The second-order valence-electron chi connectivity index (χ2n) is 5.00. The first-order valence-electron chi connectivity index (χ1n) is 6.78. The molecule has 0 aromatic rings. The Labute approximate surface area is 116 Å². The van der Waals surface area contributed by atoms with Gasteiger partial charge in [-0.3, -0.25) is 0 Å². The molecule has 0 radical (unpaired) electrons. The van der Waals surface area contributed by atoms with E-state index in [2.05, 4.69) is 23.8 Å². The molecule has 0 amide bonds. The Balaban J connectivity index is 2.19. The molecule has 0 atom stereocenters. The summed E-state index contributed by atoms with van der Waals surface area (Å²) in [7, 11) is 1.40. The lowest BCUT2D eigenvalue weighted by Gasteiger charge is -2.17. The molecule has 1 saturated heterocycles. The first-order valence-corrected chi connectivity index (χ1v) is 6.78. The normalized spacial score (nSPS) is 16.1. The Morgan fingerprint density at radius 2 is 1.89 bits per heavy atom. The zero-order valence-electron chi connectivity index (χ0n) is 12.2. The molecule has 19 heavy (non-hydrogen) atoms. The highest BCUT2D eigenvalue weighted by molar-refractivity contribution is 5.82. The molecule has 1 heterocycles. The molecule has 3 nitrogen and oxygen atoms in total. The third-order valence-electron chi connectivity index (χ3n) is 3.14. The van der Waals surface area contributed by atoms with Crippen molar-refractivity contribution in [3.63, 3.8) is 0 Å². The summed E-state index contributed by atoms with van der Waals surface area (Å²) in [6.07, 6.45) is 10.2.